The molecule has 7 nitrogen and oxygen atoms in total. The van der Waals surface area contributed by atoms with E-state index in [1.54, 1.807) is 43.3 Å². The van der Waals surface area contributed by atoms with Gasteiger partial charge in [-0.3, -0.25) is 9.59 Å². The third-order valence-corrected chi connectivity index (χ3v) is 4.19. The monoisotopic (exact) mass is 422 g/mol. The molecule has 0 saturated heterocycles. The van der Waals surface area contributed by atoms with E-state index in [9.17, 15) is 14.4 Å². The van der Waals surface area contributed by atoms with Crippen LogP contribution >= 0.6 is 23.2 Å². The first-order chi connectivity index (χ1) is 13.4. The van der Waals surface area contributed by atoms with E-state index in [1.807, 2.05) is 0 Å². The third-order valence-electron chi connectivity index (χ3n) is 3.62. The summed E-state index contributed by atoms with van der Waals surface area (Å²) in [5.74, 6) is -0.380. The largest absolute Gasteiger partial charge is 0.350 e. The highest BCUT2D eigenvalue weighted by Crippen LogP contribution is 2.25. The zero-order chi connectivity index (χ0) is 20.5. The maximum atomic E-state index is 12.1. The standard InChI is InChI=1S/C19H20Cl2N4O3/c1-2-17(26)24-14-6-3-12(4-7-14)18(27)22-9-10-23-19(28)25-16-11-13(20)5-8-15(16)21/h3-8,11H,2,9-10H2,1H3,(H,22,27)(H,24,26)(H2,23,25,28). The highest BCUT2D eigenvalue weighted by Gasteiger charge is 2.08. The van der Waals surface area contributed by atoms with Crippen LogP contribution in [0.15, 0.2) is 42.5 Å². The molecule has 0 atom stereocenters. The van der Waals surface area contributed by atoms with Gasteiger partial charge in [0.1, 0.15) is 0 Å². The van der Waals surface area contributed by atoms with Crippen molar-refractivity contribution >= 4 is 52.4 Å². The van der Waals surface area contributed by atoms with Gasteiger partial charge in [0.25, 0.3) is 5.91 Å². The summed E-state index contributed by atoms with van der Waals surface area (Å²) in [5.41, 5.74) is 1.47. The van der Waals surface area contributed by atoms with Crippen molar-refractivity contribution in [3.05, 3.63) is 58.1 Å². The van der Waals surface area contributed by atoms with Crippen LogP contribution in [0.2, 0.25) is 10.0 Å². The maximum absolute atomic E-state index is 12.1. The van der Waals surface area contributed by atoms with Gasteiger partial charge in [-0.25, -0.2) is 4.79 Å². The van der Waals surface area contributed by atoms with E-state index in [4.69, 9.17) is 23.2 Å². The molecule has 0 fully saturated rings. The van der Waals surface area contributed by atoms with Gasteiger partial charge in [-0.1, -0.05) is 30.1 Å². The van der Waals surface area contributed by atoms with Crippen molar-refractivity contribution in [1.82, 2.24) is 10.6 Å². The van der Waals surface area contributed by atoms with Crippen LogP contribution in [-0.4, -0.2) is 30.9 Å². The van der Waals surface area contributed by atoms with Crippen molar-refractivity contribution in [2.24, 2.45) is 0 Å². The number of hydrogen-bond acceptors (Lipinski definition) is 3. The summed E-state index contributed by atoms with van der Waals surface area (Å²) >= 11 is 11.8. The van der Waals surface area contributed by atoms with Gasteiger partial charge in [0.15, 0.2) is 0 Å². The van der Waals surface area contributed by atoms with Crippen LogP contribution in [0.1, 0.15) is 23.7 Å². The second kappa shape index (κ2) is 10.5. The van der Waals surface area contributed by atoms with E-state index in [1.165, 1.54) is 6.07 Å². The zero-order valence-electron chi connectivity index (χ0n) is 15.1. The van der Waals surface area contributed by atoms with Gasteiger partial charge < -0.3 is 21.3 Å². The fraction of sp³-hybridized carbons (Fsp3) is 0.211. The highest BCUT2D eigenvalue weighted by atomic mass is 35.5. The van der Waals surface area contributed by atoms with Crippen molar-refractivity contribution in [2.75, 3.05) is 23.7 Å². The van der Waals surface area contributed by atoms with Crippen LogP contribution in [0.25, 0.3) is 0 Å². The second-order valence-corrected chi connectivity index (χ2v) is 6.58. The molecule has 0 spiro atoms. The lowest BCUT2D eigenvalue weighted by atomic mass is 10.2. The molecule has 4 N–H and O–H groups in total. The van der Waals surface area contributed by atoms with E-state index >= 15 is 0 Å². The number of amides is 4. The fourth-order valence-electron chi connectivity index (χ4n) is 2.17. The van der Waals surface area contributed by atoms with Crippen LogP contribution in [0.3, 0.4) is 0 Å². The van der Waals surface area contributed by atoms with Crippen LogP contribution in [0, 0.1) is 0 Å². The number of urea groups is 1. The van der Waals surface area contributed by atoms with Crippen LogP contribution in [-0.2, 0) is 4.79 Å². The van der Waals surface area contributed by atoms with Crippen LogP contribution in [0.4, 0.5) is 16.2 Å². The molecule has 2 rings (SSSR count). The lowest BCUT2D eigenvalue weighted by molar-refractivity contribution is -0.115. The number of carbonyl (C=O) groups is 3. The first kappa shape index (κ1) is 21.5. The van der Waals surface area contributed by atoms with Crippen molar-refractivity contribution in [3.8, 4) is 0 Å². The van der Waals surface area contributed by atoms with Gasteiger partial charge in [-0.05, 0) is 42.5 Å². The molecule has 0 aliphatic carbocycles. The number of nitrogens with one attached hydrogen (secondary N) is 4. The Bertz CT molecular complexity index is 857. The molecular formula is C19H20Cl2N4O3. The summed E-state index contributed by atoms with van der Waals surface area (Å²) in [4.78, 5) is 35.3. The summed E-state index contributed by atoms with van der Waals surface area (Å²) in [7, 11) is 0. The quantitative estimate of drug-likeness (QED) is 0.509. The third kappa shape index (κ3) is 6.75. The number of hydrogen-bond donors (Lipinski definition) is 4. The van der Waals surface area contributed by atoms with Gasteiger partial charge in [0.2, 0.25) is 5.91 Å². The van der Waals surface area contributed by atoms with Crippen LogP contribution in [0.5, 0.6) is 0 Å². The lowest BCUT2D eigenvalue weighted by Gasteiger charge is -2.10. The van der Waals surface area contributed by atoms with Crippen molar-refractivity contribution in [2.45, 2.75) is 13.3 Å². The number of anilines is 2. The molecule has 0 saturated carbocycles. The van der Waals surface area contributed by atoms with Gasteiger partial charge in [0.05, 0.1) is 10.7 Å². The molecule has 28 heavy (non-hydrogen) atoms. The van der Waals surface area contributed by atoms with E-state index < -0.39 is 6.03 Å². The van der Waals surface area contributed by atoms with Gasteiger partial charge >= 0.3 is 6.03 Å². The Morgan fingerprint density at radius 2 is 1.57 bits per heavy atom. The molecule has 2 aromatic carbocycles. The molecule has 0 bridgehead atoms. The number of rotatable bonds is 7. The molecule has 0 aromatic heterocycles. The van der Waals surface area contributed by atoms with E-state index in [0.29, 0.717) is 33.4 Å². The normalized spacial score (nSPS) is 10.1. The number of carbonyl (C=O) groups excluding carboxylic acids is 3. The second-order valence-electron chi connectivity index (χ2n) is 5.74. The minimum Gasteiger partial charge on any atom is -0.350 e. The lowest BCUT2D eigenvalue weighted by Crippen LogP contribution is -2.36. The molecule has 4 amide bonds. The Hall–Kier alpha value is -2.77. The van der Waals surface area contributed by atoms with E-state index in [0.717, 1.165) is 0 Å². The Morgan fingerprint density at radius 1 is 0.893 bits per heavy atom. The highest BCUT2D eigenvalue weighted by molar-refractivity contribution is 6.35. The van der Waals surface area contributed by atoms with E-state index in [-0.39, 0.29) is 24.9 Å². The summed E-state index contributed by atoms with van der Waals surface area (Å²) in [5, 5.41) is 11.4. The molecule has 148 valence electrons. The minimum absolute atomic E-state index is 0.0967. The molecule has 0 heterocycles. The van der Waals surface area contributed by atoms with Gasteiger partial charge in [-0.15, -0.1) is 0 Å². The van der Waals surface area contributed by atoms with Gasteiger partial charge in [0, 0.05) is 35.8 Å². The Morgan fingerprint density at radius 3 is 2.25 bits per heavy atom. The average Bonchev–Trinajstić information content (AvgIpc) is 2.68. The van der Waals surface area contributed by atoms with Crippen molar-refractivity contribution in [3.63, 3.8) is 0 Å². The zero-order valence-corrected chi connectivity index (χ0v) is 16.7. The molecule has 0 aliphatic heterocycles. The smallest absolute Gasteiger partial charge is 0.319 e. The first-order valence-electron chi connectivity index (χ1n) is 8.57. The molecule has 0 unspecified atom stereocenters. The molecule has 2 aromatic rings. The predicted molar refractivity (Wildman–Crippen MR) is 111 cm³/mol. The minimum atomic E-state index is -0.463. The predicted octanol–water partition coefficient (Wildman–Crippen LogP) is 3.89. The Kier molecular flexibility index (Phi) is 8.10. The Labute approximate surface area is 172 Å². The summed E-state index contributed by atoms with van der Waals surface area (Å²) in [6.45, 7) is 2.22. The Balaban J connectivity index is 1.74. The molecule has 0 aliphatic rings. The SMILES string of the molecule is CCC(=O)Nc1ccc(C(=O)NCCNC(=O)Nc2cc(Cl)ccc2Cl)cc1. The topological polar surface area (TPSA) is 99.3 Å². The maximum Gasteiger partial charge on any atom is 0.319 e. The summed E-state index contributed by atoms with van der Waals surface area (Å²) < 4.78 is 0. The van der Waals surface area contributed by atoms with Crippen molar-refractivity contribution < 1.29 is 14.4 Å². The number of benzene rings is 2. The summed E-state index contributed by atoms with van der Waals surface area (Å²) in [6, 6.07) is 10.8. The first-order valence-corrected chi connectivity index (χ1v) is 9.32. The molecule has 0 radical (unpaired) electrons. The van der Waals surface area contributed by atoms with Gasteiger partial charge in [-0.2, -0.15) is 0 Å². The van der Waals surface area contributed by atoms with Crippen molar-refractivity contribution in [1.29, 1.82) is 0 Å². The molecular weight excluding hydrogens is 403 g/mol. The van der Waals surface area contributed by atoms with Crippen LogP contribution < -0.4 is 21.3 Å². The fourth-order valence-corrected chi connectivity index (χ4v) is 2.51. The molecule has 9 heteroatoms. The number of halogens is 2. The average molecular weight is 423 g/mol. The van der Waals surface area contributed by atoms with E-state index in [2.05, 4.69) is 21.3 Å². The summed E-state index contributed by atoms with van der Waals surface area (Å²) in [6.07, 6.45) is 0.381.